The summed E-state index contributed by atoms with van der Waals surface area (Å²) in [6.07, 6.45) is 2.37. The van der Waals surface area contributed by atoms with E-state index in [2.05, 4.69) is 66.5 Å². The van der Waals surface area contributed by atoms with E-state index >= 15 is 0 Å². The quantitative estimate of drug-likeness (QED) is 0.713. The zero-order chi connectivity index (χ0) is 14.2. The second kappa shape index (κ2) is 5.51. The highest BCUT2D eigenvalue weighted by atomic mass is 32.2. The molecule has 21 heavy (non-hydrogen) atoms. The lowest BCUT2D eigenvalue weighted by Crippen LogP contribution is -2.30. The summed E-state index contributed by atoms with van der Waals surface area (Å²) in [6, 6.07) is 17.0. The molecule has 0 radical (unpaired) electrons. The van der Waals surface area contributed by atoms with Crippen molar-refractivity contribution in [1.29, 1.82) is 0 Å². The first-order chi connectivity index (χ1) is 10.3. The van der Waals surface area contributed by atoms with Gasteiger partial charge in [0, 0.05) is 17.8 Å². The highest BCUT2D eigenvalue weighted by molar-refractivity contribution is 7.99. The molecule has 1 nitrogen and oxygen atoms in total. The molecule has 0 spiro atoms. The van der Waals surface area contributed by atoms with E-state index in [1.165, 1.54) is 45.7 Å². The molecule has 1 aliphatic heterocycles. The van der Waals surface area contributed by atoms with E-state index in [9.17, 15) is 0 Å². The van der Waals surface area contributed by atoms with Crippen molar-refractivity contribution in [2.75, 3.05) is 11.5 Å². The summed E-state index contributed by atoms with van der Waals surface area (Å²) in [5.74, 6) is 2.47. The molecule has 4 rings (SSSR count). The third kappa shape index (κ3) is 2.51. The second-order valence-electron chi connectivity index (χ2n) is 6.23. The minimum Gasteiger partial charge on any atom is -0.307 e. The number of nitrogens with one attached hydrogen (secondary N) is 1. The minimum atomic E-state index is 0.501. The Kier molecular flexibility index (Phi) is 3.52. The Labute approximate surface area is 131 Å². The van der Waals surface area contributed by atoms with Gasteiger partial charge in [-0.25, -0.2) is 0 Å². The first kappa shape index (κ1) is 13.4. The molecule has 2 aliphatic rings. The normalized spacial score (nSPS) is 24.2. The number of rotatable bonds is 1. The van der Waals surface area contributed by atoms with Crippen molar-refractivity contribution in [3.63, 3.8) is 0 Å². The van der Waals surface area contributed by atoms with Crippen LogP contribution in [0.1, 0.15) is 36.1 Å². The number of hydrogen-bond donors (Lipinski definition) is 1. The molecule has 1 saturated heterocycles. The predicted octanol–water partition coefficient (Wildman–Crippen LogP) is 4.41. The van der Waals surface area contributed by atoms with Crippen LogP contribution in [0.2, 0.25) is 0 Å². The number of fused-ring (bicyclic) bond motifs is 3. The van der Waals surface area contributed by atoms with Crippen molar-refractivity contribution in [2.24, 2.45) is 0 Å². The van der Waals surface area contributed by atoms with E-state index < -0.39 is 0 Å². The van der Waals surface area contributed by atoms with Crippen molar-refractivity contribution in [2.45, 2.75) is 31.8 Å². The molecule has 1 fully saturated rings. The molecule has 2 unspecified atom stereocenters. The molecule has 1 N–H and O–H groups in total. The number of thioether (sulfide) groups is 1. The fourth-order valence-corrected chi connectivity index (χ4v) is 4.72. The van der Waals surface area contributed by atoms with E-state index in [-0.39, 0.29) is 0 Å². The molecule has 1 heterocycles. The SMILES string of the molecule is CC1CCSCC(c2ccc3c(c2)Cc2ccccc2-3)N1. The molecule has 2 aromatic carbocycles. The fraction of sp³-hybridized carbons (Fsp3) is 0.368. The minimum absolute atomic E-state index is 0.501. The molecule has 2 aromatic rings. The fourth-order valence-electron chi connectivity index (χ4n) is 3.51. The first-order valence-corrected chi connectivity index (χ1v) is 9.01. The Balaban J connectivity index is 1.66. The van der Waals surface area contributed by atoms with Crippen LogP contribution in [0, 0.1) is 0 Å². The average Bonchev–Trinajstić information content (AvgIpc) is 2.73. The second-order valence-corrected chi connectivity index (χ2v) is 7.38. The molecule has 0 saturated carbocycles. The Hall–Kier alpha value is -1.25. The summed E-state index contributed by atoms with van der Waals surface area (Å²) in [4.78, 5) is 0. The third-order valence-electron chi connectivity index (χ3n) is 4.69. The molecule has 0 bridgehead atoms. The number of hydrogen-bond acceptors (Lipinski definition) is 2. The Morgan fingerprint density at radius 2 is 1.90 bits per heavy atom. The van der Waals surface area contributed by atoms with Gasteiger partial charge in [0.15, 0.2) is 0 Å². The summed E-state index contributed by atoms with van der Waals surface area (Å²) in [5.41, 5.74) is 7.29. The predicted molar refractivity (Wildman–Crippen MR) is 92.0 cm³/mol. The van der Waals surface area contributed by atoms with E-state index in [1.54, 1.807) is 0 Å². The van der Waals surface area contributed by atoms with Crippen LogP contribution < -0.4 is 5.32 Å². The van der Waals surface area contributed by atoms with Gasteiger partial charge in [-0.15, -0.1) is 0 Å². The zero-order valence-electron chi connectivity index (χ0n) is 12.4. The monoisotopic (exact) mass is 295 g/mol. The maximum Gasteiger partial charge on any atom is 0.0413 e. The van der Waals surface area contributed by atoms with Gasteiger partial charge in [0.25, 0.3) is 0 Å². The van der Waals surface area contributed by atoms with Gasteiger partial charge in [0.05, 0.1) is 0 Å². The Morgan fingerprint density at radius 1 is 1.05 bits per heavy atom. The summed E-state index contributed by atoms with van der Waals surface area (Å²) in [5, 5.41) is 3.79. The standard InChI is InChI=1S/C19H21NS/c1-13-8-9-21-12-19(20-13)15-6-7-18-16(11-15)10-14-4-2-3-5-17(14)18/h2-7,11,13,19-20H,8-10,12H2,1H3. The van der Waals surface area contributed by atoms with E-state index in [0.29, 0.717) is 12.1 Å². The zero-order valence-corrected chi connectivity index (χ0v) is 13.2. The van der Waals surface area contributed by atoms with Crippen LogP contribution in [-0.4, -0.2) is 17.5 Å². The lowest BCUT2D eigenvalue weighted by atomic mass is 9.99. The maximum atomic E-state index is 3.79. The van der Waals surface area contributed by atoms with E-state index in [4.69, 9.17) is 0 Å². The Morgan fingerprint density at radius 3 is 2.86 bits per heavy atom. The van der Waals surface area contributed by atoms with Crippen molar-refractivity contribution < 1.29 is 0 Å². The summed E-state index contributed by atoms with van der Waals surface area (Å²) >= 11 is 2.08. The smallest absolute Gasteiger partial charge is 0.0413 e. The van der Waals surface area contributed by atoms with Crippen LogP contribution in [-0.2, 0) is 6.42 Å². The highest BCUT2D eigenvalue weighted by Gasteiger charge is 2.22. The Bertz CT molecular complexity index is 664. The molecule has 108 valence electrons. The van der Waals surface area contributed by atoms with Crippen LogP contribution >= 0.6 is 11.8 Å². The summed E-state index contributed by atoms with van der Waals surface area (Å²) in [7, 11) is 0. The first-order valence-electron chi connectivity index (χ1n) is 7.86. The van der Waals surface area contributed by atoms with Crippen molar-refractivity contribution in [3.05, 3.63) is 59.2 Å². The van der Waals surface area contributed by atoms with Gasteiger partial charge in [-0.2, -0.15) is 11.8 Å². The van der Waals surface area contributed by atoms with Crippen molar-refractivity contribution in [3.8, 4) is 11.1 Å². The van der Waals surface area contributed by atoms with Crippen molar-refractivity contribution >= 4 is 11.8 Å². The van der Waals surface area contributed by atoms with Crippen LogP contribution in [0.5, 0.6) is 0 Å². The molecule has 2 atom stereocenters. The molecular formula is C19H21NS. The van der Waals surface area contributed by atoms with Gasteiger partial charge in [-0.05, 0) is 53.3 Å². The lowest BCUT2D eigenvalue weighted by molar-refractivity contribution is 0.485. The molecule has 2 heteroatoms. The average molecular weight is 295 g/mol. The van der Waals surface area contributed by atoms with Crippen LogP contribution in [0.15, 0.2) is 42.5 Å². The van der Waals surface area contributed by atoms with Crippen LogP contribution in [0.4, 0.5) is 0 Å². The summed E-state index contributed by atoms with van der Waals surface area (Å²) < 4.78 is 0. The van der Waals surface area contributed by atoms with Crippen molar-refractivity contribution in [1.82, 2.24) is 5.32 Å². The molecule has 1 aliphatic carbocycles. The van der Waals surface area contributed by atoms with Gasteiger partial charge in [-0.3, -0.25) is 0 Å². The van der Waals surface area contributed by atoms with E-state index in [1.807, 2.05) is 0 Å². The third-order valence-corrected chi connectivity index (χ3v) is 5.78. The van der Waals surface area contributed by atoms with Gasteiger partial charge >= 0.3 is 0 Å². The lowest BCUT2D eigenvalue weighted by Gasteiger charge is -2.20. The van der Waals surface area contributed by atoms with Gasteiger partial charge < -0.3 is 5.32 Å². The van der Waals surface area contributed by atoms with Gasteiger partial charge in [0.1, 0.15) is 0 Å². The molecule has 0 aromatic heterocycles. The maximum absolute atomic E-state index is 3.79. The molecular weight excluding hydrogens is 274 g/mol. The topological polar surface area (TPSA) is 12.0 Å². The number of benzene rings is 2. The summed E-state index contributed by atoms with van der Waals surface area (Å²) in [6.45, 7) is 2.31. The van der Waals surface area contributed by atoms with Gasteiger partial charge in [0.2, 0.25) is 0 Å². The van der Waals surface area contributed by atoms with Crippen LogP contribution in [0.3, 0.4) is 0 Å². The highest BCUT2D eigenvalue weighted by Crippen LogP contribution is 2.38. The van der Waals surface area contributed by atoms with E-state index in [0.717, 1.165) is 6.42 Å². The van der Waals surface area contributed by atoms with Crippen LogP contribution in [0.25, 0.3) is 11.1 Å². The molecule has 0 amide bonds. The largest absolute Gasteiger partial charge is 0.307 e. The van der Waals surface area contributed by atoms with Gasteiger partial charge in [-0.1, -0.05) is 42.5 Å².